The molecule has 6 fully saturated rings. The fourth-order valence-electron chi connectivity index (χ4n) is 12.9. The van der Waals surface area contributed by atoms with Gasteiger partial charge in [0.05, 0.1) is 25.4 Å². The van der Waals surface area contributed by atoms with Gasteiger partial charge < -0.3 is 78.7 Å². The van der Waals surface area contributed by atoms with E-state index < -0.39 is 104 Å². The zero-order chi connectivity index (χ0) is 42.0. The van der Waals surface area contributed by atoms with Gasteiger partial charge in [-0.1, -0.05) is 25.5 Å². The summed E-state index contributed by atoms with van der Waals surface area (Å²) >= 11 is 0. The molecule has 0 aromatic carbocycles. The normalized spacial score (nSPS) is 54.2. The van der Waals surface area contributed by atoms with Crippen LogP contribution in [-0.2, 0) is 42.7 Å². The largest absolute Gasteiger partial charge is 0.463 e. The zero-order valence-electron chi connectivity index (χ0n) is 34.1. The van der Waals surface area contributed by atoms with E-state index in [0.29, 0.717) is 19.4 Å². The molecule has 17 heteroatoms. The first kappa shape index (κ1) is 42.6. The van der Waals surface area contributed by atoms with Gasteiger partial charge in [0, 0.05) is 24.2 Å². The summed E-state index contributed by atoms with van der Waals surface area (Å²) < 4.78 is 48.3. The van der Waals surface area contributed by atoms with Crippen LogP contribution in [0.15, 0.2) is 22.8 Å². The minimum Gasteiger partial charge on any atom is -0.463 e. The number of fused-ring (bicyclic) bond motifs is 7. The van der Waals surface area contributed by atoms with Crippen molar-refractivity contribution in [2.45, 2.75) is 183 Å². The van der Waals surface area contributed by atoms with Crippen molar-refractivity contribution < 1.29 is 83.5 Å². The average Bonchev–Trinajstić information content (AvgIpc) is 3.90. The number of hydrogen-bond donors (Lipinski definition) is 8. The Morgan fingerprint density at radius 2 is 1.63 bits per heavy atom. The Balaban J connectivity index is 0.931. The first-order valence-electron chi connectivity index (χ1n) is 21.5. The van der Waals surface area contributed by atoms with Gasteiger partial charge in [-0.15, -0.1) is 0 Å². The Morgan fingerprint density at radius 1 is 0.881 bits per heavy atom. The molecular formula is C42H62O17. The zero-order valence-corrected chi connectivity index (χ0v) is 34.1. The lowest BCUT2D eigenvalue weighted by molar-refractivity contribution is -0.373. The standard InChI is InChI=1S/C42H62O17/c1-18-16-53-40(4)42(18,51)35-33(59-40)27(36(50)58-35)41-11-5-6-24(41)22-8-7-20-14-21(9-12-39(20,3)23(22)10-13-41)54-38-34(31(48)29(46)26(56-38)17-52-19(2)44)57-37-32(49)30(47)28(45)25(15-43)55-37/h6,18,20-21,25-38,43,45-51H,5,7-17H2,1-4H3/t18-,20?,21-,25+,26+,27?,28-,29+,30-,31-,32+,33+,34+,35-,36-,37-,38+,39-,40-,41+,42?/m0/s1. The number of aliphatic hydroxyl groups is 8. The molecule has 5 saturated heterocycles. The molecule has 21 atom stereocenters. The summed E-state index contributed by atoms with van der Waals surface area (Å²) in [5.74, 6) is -2.17. The number of allylic oxidation sites excluding steroid dienone is 4. The molecule has 1 saturated carbocycles. The van der Waals surface area contributed by atoms with E-state index in [-0.39, 0.29) is 41.3 Å². The number of rotatable bonds is 8. The molecule has 0 aromatic heterocycles. The van der Waals surface area contributed by atoms with Crippen LogP contribution in [0.25, 0.3) is 0 Å². The molecule has 0 amide bonds. The molecule has 332 valence electrons. The molecule has 5 aliphatic heterocycles. The molecule has 9 aliphatic rings. The van der Waals surface area contributed by atoms with Gasteiger partial charge in [0.25, 0.3) is 0 Å². The second kappa shape index (κ2) is 15.3. The lowest BCUT2D eigenvalue weighted by Gasteiger charge is -2.55. The van der Waals surface area contributed by atoms with Gasteiger partial charge in [0.15, 0.2) is 30.3 Å². The molecule has 8 N–H and O–H groups in total. The van der Waals surface area contributed by atoms with Crippen molar-refractivity contribution in [2.75, 3.05) is 19.8 Å². The van der Waals surface area contributed by atoms with Crippen molar-refractivity contribution in [1.82, 2.24) is 0 Å². The molecule has 0 aromatic rings. The van der Waals surface area contributed by atoms with Crippen molar-refractivity contribution in [3.63, 3.8) is 0 Å². The highest BCUT2D eigenvalue weighted by atomic mass is 16.8. The Kier molecular flexibility index (Phi) is 11.0. The first-order valence-corrected chi connectivity index (χ1v) is 21.5. The molecular weight excluding hydrogens is 776 g/mol. The highest BCUT2D eigenvalue weighted by molar-refractivity contribution is 5.65. The third kappa shape index (κ3) is 6.39. The average molecular weight is 839 g/mol. The highest BCUT2D eigenvalue weighted by Crippen LogP contribution is 2.68. The molecule has 17 nitrogen and oxygen atoms in total. The monoisotopic (exact) mass is 838 g/mol. The molecule has 0 radical (unpaired) electrons. The van der Waals surface area contributed by atoms with E-state index >= 15 is 0 Å². The van der Waals surface area contributed by atoms with E-state index in [0.717, 1.165) is 44.9 Å². The summed E-state index contributed by atoms with van der Waals surface area (Å²) in [6.45, 7) is 6.56. The Labute approximate surface area is 343 Å². The number of hydrogen-bond acceptors (Lipinski definition) is 17. The molecule has 3 unspecified atom stereocenters. The van der Waals surface area contributed by atoms with Gasteiger partial charge in [-0.05, 0) is 87.2 Å². The fraction of sp³-hybridized carbons (Fsp3) is 0.881. The molecule has 0 spiro atoms. The Morgan fingerprint density at radius 3 is 2.37 bits per heavy atom. The number of esters is 1. The second-order valence-electron chi connectivity index (χ2n) is 19.1. The van der Waals surface area contributed by atoms with Crippen LogP contribution >= 0.6 is 0 Å². The van der Waals surface area contributed by atoms with Gasteiger partial charge in [-0.2, -0.15) is 0 Å². The van der Waals surface area contributed by atoms with Gasteiger partial charge in [-0.25, -0.2) is 0 Å². The second-order valence-corrected chi connectivity index (χ2v) is 19.1. The van der Waals surface area contributed by atoms with Crippen LogP contribution in [0.2, 0.25) is 0 Å². The van der Waals surface area contributed by atoms with Crippen LogP contribution < -0.4 is 0 Å². The third-order valence-corrected chi connectivity index (χ3v) is 16.2. The van der Waals surface area contributed by atoms with E-state index in [4.69, 9.17) is 37.9 Å². The lowest BCUT2D eigenvalue weighted by Crippen LogP contribution is -2.65. The summed E-state index contributed by atoms with van der Waals surface area (Å²) in [5, 5.41) is 87.2. The fourth-order valence-corrected chi connectivity index (χ4v) is 12.9. The minimum atomic E-state index is -1.77. The van der Waals surface area contributed by atoms with Gasteiger partial charge in [0.1, 0.15) is 61.5 Å². The van der Waals surface area contributed by atoms with Crippen molar-refractivity contribution in [3.05, 3.63) is 22.8 Å². The number of aliphatic hydroxyl groups excluding tert-OH is 7. The predicted molar refractivity (Wildman–Crippen MR) is 199 cm³/mol. The summed E-state index contributed by atoms with van der Waals surface area (Å²) in [4.78, 5) is 11.7. The van der Waals surface area contributed by atoms with Crippen molar-refractivity contribution >= 4 is 5.97 Å². The maximum Gasteiger partial charge on any atom is 0.302 e. The van der Waals surface area contributed by atoms with Crippen LogP contribution in [0.5, 0.6) is 0 Å². The quantitative estimate of drug-likeness (QED) is 0.148. The molecule has 4 aliphatic carbocycles. The SMILES string of the molecule is CC(=O)OC[C@H]1O[C@@H](O[C@H]2CC[C@]3(C)C4=C(CCC3C2)C2=CCC[C@@]2(C2[C@H]3O[C@]5(C)OC[C@H](C)C5(O)[C@H]3O[C@@H]2O)CC4)[C@H](O[C@@H]2O[C@H](CO)[C@H](O)[C@H](O)[C@H]2O)[C@@H](O)[C@@H]1O. The summed E-state index contributed by atoms with van der Waals surface area (Å²) in [5.41, 5.74) is 2.21. The van der Waals surface area contributed by atoms with Crippen LogP contribution in [0.4, 0.5) is 0 Å². The number of carbonyl (C=O) groups excluding carboxylic acids is 1. The number of ether oxygens (including phenoxy) is 8. The van der Waals surface area contributed by atoms with Crippen LogP contribution in [0.3, 0.4) is 0 Å². The minimum absolute atomic E-state index is 0.142. The Hall–Kier alpha value is -1.65. The van der Waals surface area contributed by atoms with Crippen LogP contribution in [0.1, 0.15) is 85.5 Å². The molecule has 5 heterocycles. The number of carbonyl (C=O) groups is 1. The van der Waals surface area contributed by atoms with Crippen molar-refractivity contribution in [1.29, 1.82) is 0 Å². The van der Waals surface area contributed by atoms with E-state index in [2.05, 4.69) is 13.0 Å². The van der Waals surface area contributed by atoms with E-state index in [9.17, 15) is 45.6 Å². The van der Waals surface area contributed by atoms with E-state index in [1.54, 1.807) is 6.92 Å². The highest BCUT2D eigenvalue weighted by Gasteiger charge is 2.76. The molecule has 0 bridgehead atoms. The van der Waals surface area contributed by atoms with Gasteiger partial charge >= 0.3 is 5.97 Å². The first-order chi connectivity index (χ1) is 28.0. The summed E-state index contributed by atoms with van der Waals surface area (Å²) in [6, 6.07) is 0. The maximum absolute atomic E-state index is 12.0. The van der Waals surface area contributed by atoms with Crippen LogP contribution in [0, 0.1) is 28.6 Å². The van der Waals surface area contributed by atoms with Crippen LogP contribution in [-0.4, -0.2) is 164 Å². The summed E-state index contributed by atoms with van der Waals surface area (Å²) in [6.07, 6.45) is -8.40. The van der Waals surface area contributed by atoms with E-state index in [1.807, 2.05) is 6.92 Å². The summed E-state index contributed by atoms with van der Waals surface area (Å²) in [7, 11) is 0. The van der Waals surface area contributed by atoms with Gasteiger partial charge in [-0.3, -0.25) is 4.79 Å². The smallest absolute Gasteiger partial charge is 0.302 e. The van der Waals surface area contributed by atoms with E-state index in [1.165, 1.54) is 23.6 Å². The lowest BCUT2D eigenvalue weighted by atomic mass is 9.50. The van der Waals surface area contributed by atoms with Crippen molar-refractivity contribution in [2.24, 2.45) is 28.6 Å². The predicted octanol–water partition coefficient (Wildman–Crippen LogP) is -0.190. The molecule has 59 heavy (non-hydrogen) atoms. The maximum atomic E-state index is 12.0. The topological polar surface area (TPSA) is 253 Å². The Bertz CT molecular complexity index is 1690. The third-order valence-electron chi connectivity index (χ3n) is 16.2. The van der Waals surface area contributed by atoms with Crippen molar-refractivity contribution in [3.8, 4) is 0 Å². The van der Waals surface area contributed by atoms with Gasteiger partial charge in [0.2, 0.25) is 0 Å². The molecule has 9 rings (SSSR count).